The number of rotatable bonds is 4. The summed E-state index contributed by atoms with van der Waals surface area (Å²) in [7, 11) is 1.67. The minimum Gasteiger partial charge on any atom is -0.497 e. The number of methoxy groups -OCH3 is 1. The van der Waals surface area contributed by atoms with Crippen LogP contribution >= 0.6 is 0 Å². The van der Waals surface area contributed by atoms with E-state index >= 15 is 0 Å². The maximum Gasteiger partial charge on any atom is 0.246 e. The number of hydrogen-bond acceptors (Lipinski definition) is 4. The summed E-state index contributed by atoms with van der Waals surface area (Å²) in [6.45, 7) is 1.31. The van der Waals surface area contributed by atoms with Gasteiger partial charge in [0.25, 0.3) is 0 Å². The molecule has 1 aromatic carbocycles. The van der Waals surface area contributed by atoms with E-state index in [0.717, 1.165) is 41.8 Å². The van der Waals surface area contributed by atoms with Gasteiger partial charge < -0.3 is 15.0 Å². The van der Waals surface area contributed by atoms with Gasteiger partial charge in [-0.3, -0.25) is 9.59 Å². The first-order valence-corrected chi connectivity index (χ1v) is 10.2. The van der Waals surface area contributed by atoms with Crippen LogP contribution in [0, 0.1) is 0 Å². The lowest BCUT2D eigenvalue weighted by atomic mass is 10.0. The van der Waals surface area contributed by atoms with E-state index < -0.39 is 0 Å². The molecule has 154 valence electrons. The lowest BCUT2D eigenvalue weighted by Crippen LogP contribution is -2.29. The second-order valence-corrected chi connectivity index (χ2v) is 7.51. The average Bonchev–Trinajstić information content (AvgIpc) is 3.04. The van der Waals surface area contributed by atoms with Crippen molar-refractivity contribution >= 4 is 29.3 Å². The molecule has 0 aliphatic carbocycles. The topological polar surface area (TPSA) is 71.5 Å². The predicted molar refractivity (Wildman–Crippen MR) is 117 cm³/mol. The molecule has 0 radical (unpaired) electrons. The Bertz CT molecular complexity index is 1030. The van der Waals surface area contributed by atoms with Gasteiger partial charge in [0, 0.05) is 31.8 Å². The van der Waals surface area contributed by atoms with Crippen molar-refractivity contribution < 1.29 is 14.3 Å². The summed E-state index contributed by atoms with van der Waals surface area (Å²) in [6, 6.07) is 10.0. The van der Waals surface area contributed by atoms with E-state index in [1.165, 1.54) is 5.57 Å². The third-order valence-electron chi connectivity index (χ3n) is 5.47. The fraction of sp³-hybridized carbons (Fsp3) is 0.292. The molecule has 2 aliphatic heterocycles. The molecule has 0 unspecified atom stereocenters. The molecule has 0 saturated heterocycles. The Kier molecular flexibility index (Phi) is 5.93. The Labute approximate surface area is 176 Å². The van der Waals surface area contributed by atoms with Crippen molar-refractivity contribution in [3.05, 3.63) is 65.4 Å². The first-order valence-electron chi connectivity index (χ1n) is 10.2. The second-order valence-electron chi connectivity index (χ2n) is 7.51. The Morgan fingerprint density at radius 2 is 2.13 bits per heavy atom. The summed E-state index contributed by atoms with van der Waals surface area (Å²) >= 11 is 0. The summed E-state index contributed by atoms with van der Waals surface area (Å²) in [5, 5.41) is 2.77. The van der Waals surface area contributed by atoms with Gasteiger partial charge in [-0.1, -0.05) is 18.2 Å². The molecule has 0 bridgehead atoms. The fourth-order valence-electron chi connectivity index (χ4n) is 3.80. The molecule has 1 N–H and O–H groups in total. The van der Waals surface area contributed by atoms with Gasteiger partial charge in [0.15, 0.2) is 0 Å². The Morgan fingerprint density at radius 1 is 1.23 bits per heavy atom. The number of fused-ring (bicyclic) bond motifs is 1. The number of nitrogens with one attached hydrogen (secondary N) is 1. The van der Waals surface area contributed by atoms with Gasteiger partial charge in [0.2, 0.25) is 11.8 Å². The highest BCUT2D eigenvalue weighted by molar-refractivity contribution is 5.94. The molecule has 30 heavy (non-hydrogen) atoms. The molecule has 0 spiro atoms. The SMILES string of the molecule is COc1cccc(C2=CCN(C(=O)/C=C/c3cnc4c(c3)CCC(=O)N4)CCC2)c1. The van der Waals surface area contributed by atoms with Crippen molar-refractivity contribution in [2.24, 2.45) is 0 Å². The normalized spacial score (nSPS) is 16.5. The van der Waals surface area contributed by atoms with E-state index in [-0.39, 0.29) is 11.8 Å². The zero-order valence-electron chi connectivity index (χ0n) is 17.1. The lowest BCUT2D eigenvalue weighted by molar-refractivity contribution is -0.125. The van der Waals surface area contributed by atoms with Crippen LogP contribution in [-0.2, 0) is 16.0 Å². The van der Waals surface area contributed by atoms with Gasteiger partial charge in [0.05, 0.1) is 7.11 Å². The Balaban J connectivity index is 1.42. The van der Waals surface area contributed by atoms with Crippen LogP contribution in [-0.4, -0.2) is 41.9 Å². The van der Waals surface area contributed by atoms with Crippen molar-refractivity contribution in [2.75, 3.05) is 25.5 Å². The average molecular weight is 403 g/mol. The van der Waals surface area contributed by atoms with Crippen LogP contribution < -0.4 is 10.1 Å². The molecule has 6 heteroatoms. The molecule has 2 aromatic rings. The molecule has 3 heterocycles. The number of allylic oxidation sites excluding steroid dienone is 1. The number of amides is 2. The van der Waals surface area contributed by atoms with Crippen LogP contribution in [0.2, 0.25) is 0 Å². The molecule has 6 nitrogen and oxygen atoms in total. The van der Waals surface area contributed by atoms with Gasteiger partial charge >= 0.3 is 0 Å². The quantitative estimate of drug-likeness (QED) is 0.791. The van der Waals surface area contributed by atoms with Crippen molar-refractivity contribution in [1.29, 1.82) is 0 Å². The standard InChI is InChI=1S/C24H25N3O3/c1-30-21-6-2-4-19(15-21)18-5-3-12-27(13-11-18)23(29)10-7-17-14-20-8-9-22(28)26-24(20)25-16-17/h2,4,6-7,10-11,14-16H,3,5,8-9,12-13H2,1H3,(H,25,26,28)/b10-7+. The third kappa shape index (κ3) is 4.59. The van der Waals surface area contributed by atoms with Crippen LogP contribution in [0.4, 0.5) is 5.82 Å². The van der Waals surface area contributed by atoms with Crippen LogP contribution in [0.3, 0.4) is 0 Å². The lowest BCUT2D eigenvalue weighted by Gasteiger charge is -2.17. The zero-order chi connectivity index (χ0) is 20.9. The van der Waals surface area contributed by atoms with Gasteiger partial charge in [-0.05, 0) is 65.8 Å². The maximum absolute atomic E-state index is 12.7. The van der Waals surface area contributed by atoms with E-state index in [0.29, 0.717) is 25.2 Å². The van der Waals surface area contributed by atoms with E-state index in [9.17, 15) is 9.59 Å². The number of carbonyl (C=O) groups excluding carboxylic acids is 2. The van der Waals surface area contributed by atoms with Crippen molar-refractivity contribution in [3.63, 3.8) is 0 Å². The highest BCUT2D eigenvalue weighted by atomic mass is 16.5. The number of aromatic nitrogens is 1. The number of benzene rings is 1. The molecule has 0 atom stereocenters. The zero-order valence-corrected chi connectivity index (χ0v) is 17.1. The smallest absolute Gasteiger partial charge is 0.246 e. The molecule has 2 aliphatic rings. The van der Waals surface area contributed by atoms with E-state index in [4.69, 9.17) is 4.74 Å². The second kappa shape index (κ2) is 8.95. The summed E-state index contributed by atoms with van der Waals surface area (Å²) in [5.74, 6) is 1.45. The number of hydrogen-bond donors (Lipinski definition) is 1. The van der Waals surface area contributed by atoms with Crippen molar-refractivity contribution in [3.8, 4) is 5.75 Å². The van der Waals surface area contributed by atoms with Gasteiger partial charge in [-0.25, -0.2) is 4.98 Å². The van der Waals surface area contributed by atoms with Crippen molar-refractivity contribution in [2.45, 2.75) is 25.7 Å². The molecule has 0 fully saturated rings. The summed E-state index contributed by atoms with van der Waals surface area (Å²) < 4.78 is 5.32. The first kappa shape index (κ1) is 19.9. The van der Waals surface area contributed by atoms with E-state index in [1.54, 1.807) is 25.5 Å². The minimum atomic E-state index is -0.0100. The number of ether oxygens (including phenoxy) is 1. The molecular formula is C24H25N3O3. The molecular weight excluding hydrogens is 378 g/mol. The summed E-state index contributed by atoms with van der Waals surface area (Å²) in [6.07, 6.45) is 10.2. The summed E-state index contributed by atoms with van der Waals surface area (Å²) in [4.78, 5) is 30.3. The van der Waals surface area contributed by atoms with Crippen LogP contribution in [0.25, 0.3) is 11.6 Å². The minimum absolute atomic E-state index is 0.00370. The first-order chi connectivity index (χ1) is 14.6. The highest BCUT2D eigenvalue weighted by Gasteiger charge is 2.17. The van der Waals surface area contributed by atoms with Gasteiger partial charge in [0.1, 0.15) is 11.6 Å². The predicted octanol–water partition coefficient (Wildman–Crippen LogP) is 3.69. The molecule has 2 amide bonds. The number of aryl methyl sites for hydroxylation is 1. The van der Waals surface area contributed by atoms with Gasteiger partial charge in [-0.2, -0.15) is 0 Å². The Hall–Kier alpha value is -3.41. The van der Waals surface area contributed by atoms with Gasteiger partial charge in [-0.15, -0.1) is 0 Å². The largest absolute Gasteiger partial charge is 0.497 e. The number of carbonyl (C=O) groups is 2. The number of anilines is 1. The van der Waals surface area contributed by atoms with Crippen LogP contribution in [0.15, 0.2) is 48.7 Å². The third-order valence-corrected chi connectivity index (χ3v) is 5.47. The van der Waals surface area contributed by atoms with E-state index in [1.807, 2.05) is 29.2 Å². The molecule has 1 aromatic heterocycles. The molecule has 0 saturated carbocycles. The monoisotopic (exact) mass is 403 g/mol. The van der Waals surface area contributed by atoms with Crippen LogP contribution in [0.1, 0.15) is 36.0 Å². The van der Waals surface area contributed by atoms with Crippen LogP contribution in [0.5, 0.6) is 5.75 Å². The highest BCUT2D eigenvalue weighted by Crippen LogP contribution is 2.26. The summed E-state index contributed by atoms with van der Waals surface area (Å²) in [5.41, 5.74) is 4.26. The maximum atomic E-state index is 12.7. The van der Waals surface area contributed by atoms with Crippen molar-refractivity contribution in [1.82, 2.24) is 9.88 Å². The number of nitrogens with zero attached hydrogens (tertiary/aromatic N) is 2. The number of pyridine rings is 1. The molecule has 4 rings (SSSR count). The van der Waals surface area contributed by atoms with E-state index in [2.05, 4.69) is 22.4 Å². The fourth-order valence-corrected chi connectivity index (χ4v) is 3.80. The Morgan fingerprint density at radius 3 is 3.00 bits per heavy atom.